The molecule has 0 spiro atoms. The van der Waals surface area contributed by atoms with Crippen LogP contribution in [0, 0.1) is 6.92 Å². The van der Waals surface area contributed by atoms with Gasteiger partial charge in [-0.05, 0) is 31.5 Å². The predicted octanol–water partition coefficient (Wildman–Crippen LogP) is 0.450. The highest BCUT2D eigenvalue weighted by atomic mass is 32.2. The van der Waals surface area contributed by atoms with E-state index in [1.165, 1.54) is 10.4 Å². The minimum atomic E-state index is -3.62. The maximum absolute atomic E-state index is 13.0. The lowest BCUT2D eigenvalue weighted by molar-refractivity contribution is 0.0655. The summed E-state index contributed by atoms with van der Waals surface area (Å²) in [6.45, 7) is 7.35. The van der Waals surface area contributed by atoms with Crippen LogP contribution < -0.4 is 5.32 Å². The van der Waals surface area contributed by atoms with E-state index < -0.39 is 10.0 Å². The van der Waals surface area contributed by atoms with E-state index in [4.69, 9.17) is 4.74 Å². The molecule has 1 N–H and O–H groups in total. The molecule has 2 aliphatic heterocycles. The van der Waals surface area contributed by atoms with Gasteiger partial charge in [0, 0.05) is 44.3 Å². The molecule has 0 saturated carbocycles. The van der Waals surface area contributed by atoms with E-state index in [1.807, 2.05) is 6.92 Å². The first-order chi connectivity index (χ1) is 11.9. The van der Waals surface area contributed by atoms with Crippen molar-refractivity contribution in [3.05, 3.63) is 29.3 Å². The van der Waals surface area contributed by atoms with E-state index >= 15 is 0 Å². The zero-order valence-electron chi connectivity index (χ0n) is 14.7. The van der Waals surface area contributed by atoms with E-state index in [9.17, 15) is 13.2 Å². The second-order valence-corrected chi connectivity index (χ2v) is 8.45. The van der Waals surface area contributed by atoms with Gasteiger partial charge in [0.25, 0.3) is 5.91 Å². The molecule has 0 radical (unpaired) electrons. The number of ether oxygens (including phenoxy) is 1. The van der Waals surface area contributed by atoms with Gasteiger partial charge in [-0.3, -0.25) is 4.79 Å². The summed E-state index contributed by atoms with van der Waals surface area (Å²) < 4.78 is 32.6. The normalized spacial score (nSPS) is 22.8. The highest BCUT2D eigenvalue weighted by Crippen LogP contribution is 2.23. The van der Waals surface area contributed by atoms with Gasteiger partial charge in [0.15, 0.2) is 0 Å². The third-order valence-corrected chi connectivity index (χ3v) is 6.83. The average Bonchev–Trinajstić information content (AvgIpc) is 2.62. The summed E-state index contributed by atoms with van der Waals surface area (Å²) in [5, 5.41) is 3.25. The zero-order valence-corrected chi connectivity index (χ0v) is 15.5. The Balaban J connectivity index is 1.91. The van der Waals surface area contributed by atoms with Gasteiger partial charge in [0.1, 0.15) is 0 Å². The molecule has 0 unspecified atom stereocenters. The molecule has 8 heteroatoms. The third kappa shape index (κ3) is 3.72. The van der Waals surface area contributed by atoms with Crippen molar-refractivity contribution < 1.29 is 17.9 Å². The van der Waals surface area contributed by atoms with Gasteiger partial charge in [-0.2, -0.15) is 4.31 Å². The number of rotatable bonds is 3. The lowest BCUT2D eigenvalue weighted by Crippen LogP contribution is -2.52. The van der Waals surface area contributed by atoms with Crippen LogP contribution in [0.4, 0.5) is 0 Å². The van der Waals surface area contributed by atoms with E-state index in [1.54, 1.807) is 24.0 Å². The number of nitrogens with zero attached hydrogens (tertiary/aromatic N) is 2. The molecule has 1 aromatic carbocycles. The Kier molecular flexibility index (Phi) is 5.43. The molecule has 0 aromatic heterocycles. The first-order valence-electron chi connectivity index (χ1n) is 8.61. The van der Waals surface area contributed by atoms with Crippen LogP contribution in [-0.2, 0) is 14.8 Å². The van der Waals surface area contributed by atoms with Crippen molar-refractivity contribution in [1.82, 2.24) is 14.5 Å². The van der Waals surface area contributed by atoms with Crippen molar-refractivity contribution >= 4 is 15.9 Å². The van der Waals surface area contributed by atoms with Crippen molar-refractivity contribution in [2.24, 2.45) is 0 Å². The van der Waals surface area contributed by atoms with Crippen LogP contribution in [0.25, 0.3) is 0 Å². The van der Waals surface area contributed by atoms with Crippen molar-refractivity contribution in [2.75, 3.05) is 45.9 Å². The van der Waals surface area contributed by atoms with Crippen molar-refractivity contribution in [3.8, 4) is 0 Å². The SMILES string of the molecule is Cc1ccc(C(=O)N2CCNC[C@H]2C)cc1S(=O)(=O)N1CCOCC1. The van der Waals surface area contributed by atoms with E-state index in [2.05, 4.69) is 5.32 Å². The van der Waals surface area contributed by atoms with Crippen LogP contribution in [0.15, 0.2) is 23.1 Å². The molecule has 3 rings (SSSR count). The Bertz CT molecular complexity index is 744. The van der Waals surface area contributed by atoms with Crippen molar-refractivity contribution in [2.45, 2.75) is 24.8 Å². The minimum absolute atomic E-state index is 0.0850. The molecule has 7 nitrogen and oxygen atoms in total. The molecule has 2 heterocycles. The maximum atomic E-state index is 13.0. The Morgan fingerprint density at radius 1 is 1.24 bits per heavy atom. The van der Waals surface area contributed by atoms with Crippen LogP contribution in [-0.4, -0.2) is 75.5 Å². The molecule has 0 bridgehead atoms. The summed E-state index contributed by atoms with van der Waals surface area (Å²) in [6, 6.07) is 5.04. The van der Waals surface area contributed by atoms with E-state index in [-0.39, 0.29) is 16.8 Å². The second-order valence-electron chi connectivity index (χ2n) is 6.55. The van der Waals surface area contributed by atoms with Gasteiger partial charge in [0.05, 0.1) is 18.1 Å². The Morgan fingerprint density at radius 2 is 1.96 bits per heavy atom. The lowest BCUT2D eigenvalue weighted by Gasteiger charge is -2.34. The molecule has 0 aliphatic carbocycles. The van der Waals surface area contributed by atoms with Crippen LogP contribution in [0.1, 0.15) is 22.8 Å². The standard InChI is InChI=1S/C17H25N3O4S/c1-13-3-4-15(17(21)20-6-5-18-12-14(20)2)11-16(13)25(22,23)19-7-9-24-10-8-19/h3-4,11,14,18H,5-10,12H2,1-2H3/t14-/m1/s1. The van der Waals surface area contributed by atoms with Gasteiger partial charge in [0.2, 0.25) is 10.0 Å². The summed E-state index contributed by atoms with van der Waals surface area (Å²) >= 11 is 0. The number of amides is 1. The second kappa shape index (κ2) is 7.41. The molecule has 138 valence electrons. The van der Waals surface area contributed by atoms with Crippen LogP contribution >= 0.6 is 0 Å². The number of morpholine rings is 1. The molecule has 2 fully saturated rings. The molecular weight excluding hydrogens is 342 g/mol. The van der Waals surface area contributed by atoms with E-state index in [0.717, 1.165) is 13.1 Å². The lowest BCUT2D eigenvalue weighted by atomic mass is 10.1. The number of aryl methyl sites for hydroxylation is 1. The fourth-order valence-electron chi connectivity index (χ4n) is 3.25. The van der Waals surface area contributed by atoms with Gasteiger partial charge in [-0.25, -0.2) is 8.42 Å². The average molecular weight is 367 g/mol. The Morgan fingerprint density at radius 3 is 2.64 bits per heavy atom. The molecule has 1 atom stereocenters. The van der Waals surface area contributed by atoms with E-state index in [0.29, 0.717) is 44.0 Å². The highest BCUT2D eigenvalue weighted by Gasteiger charge is 2.30. The van der Waals surface area contributed by atoms with Crippen LogP contribution in [0.5, 0.6) is 0 Å². The highest BCUT2D eigenvalue weighted by molar-refractivity contribution is 7.89. The number of benzene rings is 1. The van der Waals surface area contributed by atoms with Crippen molar-refractivity contribution in [3.63, 3.8) is 0 Å². The number of nitrogens with one attached hydrogen (secondary N) is 1. The maximum Gasteiger partial charge on any atom is 0.254 e. The van der Waals surface area contributed by atoms with Gasteiger partial charge >= 0.3 is 0 Å². The largest absolute Gasteiger partial charge is 0.379 e. The summed E-state index contributed by atoms with van der Waals surface area (Å²) in [4.78, 5) is 14.9. The number of piperazine rings is 1. The Labute approximate surface area is 149 Å². The van der Waals surface area contributed by atoms with Crippen molar-refractivity contribution in [1.29, 1.82) is 0 Å². The smallest absolute Gasteiger partial charge is 0.254 e. The van der Waals surface area contributed by atoms with Gasteiger partial charge in [-0.1, -0.05) is 6.07 Å². The number of hydrogen-bond acceptors (Lipinski definition) is 5. The van der Waals surface area contributed by atoms with Crippen LogP contribution in [0.3, 0.4) is 0 Å². The molecule has 1 aromatic rings. The number of carbonyl (C=O) groups is 1. The molecular formula is C17H25N3O4S. The quantitative estimate of drug-likeness (QED) is 0.839. The Hall–Kier alpha value is -1.48. The molecule has 25 heavy (non-hydrogen) atoms. The number of carbonyl (C=O) groups excluding carboxylic acids is 1. The molecule has 2 saturated heterocycles. The first-order valence-corrected chi connectivity index (χ1v) is 10.1. The topological polar surface area (TPSA) is 79.0 Å². The monoisotopic (exact) mass is 367 g/mol. The summed E-state index contributed by atoms with van der Waals surface area (Å²) in [6.07, 6.45) is 0. The number of hydrogen-bond donors (Lipinski definition) is 1. The fraction of sp³-hybridized carbons (Fsp3) is 0.588. The van der Waals surface area contributed by atoms with Gasteiger partial charge in [-0.15, -0.1) is 0 Å². The molecule has 2 aliphatic rings. The van der Waals surface area contributed by atoms with Crippen LogP contribution in [0.2, 0.25) is 0 Å². The molecule has 1 amide bonds. The van der Waals surface area contributed by atoms with Gasteiger partial charge < -0.3 is 15.0 Å². The summed E-state index contributed by atoms with van der Waals surface area (Å²) in [5.41, 5.74) is 1.07. The third-order valence-electron chi connectivity index (χ3n) is 4.79. The summed E-state index contributed by atoms with van der Waals surface area (Å²) in [7, 11) is -3.62. The number of sulfonamides is 1. The first kappa shape index (κ1) is 18.3. The fourth-order valence-corrected chi connectivity index (χ4v) is 4.90. The minimum Gasteiger partial charge on any atom is -0.379 e. The predicted molar refractivity (Wildman–Crippen MR) is 94.1 cm³/mol. The zero-order chi connectivity index (χ0) is 18.0. The summed E-state index contributed by atoms with van der Waals surface area (Å²) in [5.74, 6) is -0.118.